The second-order valence-corrected chi connectivity index (χ2v) is 7.12. The predicted molar refractivity (Wildman–Crippen MR) is 95.3 cm³/mol. The van der Waals surface area contributed by atoms with Gasteiger partial charge in [-0.15, -0.1) is 11.3 Å². The number of ether oxygens (including phenoxy) is 2. The zero-order valence-corrected chi connectivity index (χ0v) is 15.4. The minimum Gasteiger partial charge on any atom is -0.493 e. The quantitative estimate of drug-likeness (QED) is 0.749. The van der Waals surface area contributed by atoms with Crippen molar-refractivity contribution < 1.29 is 14.6 Å². The van der Waals surface area contributed by atoms with Crippen LogP contribution < -0.4 is 14.8 Å². The maximum atomic E-state index is 10.2. The summed E-state index contributed by atoms with van der Waals surface area (Å²) in [6.07, 6.45) is -0.660. The van der Waals surface area contributed by atoms with E-state index >= 15 is 0 Å². The summed E-state index contributed by atoms with van der Waals surface area (Å²) in [6.45, 7) is 2.41. The van der Waals surface area contributed by atoms with Gasteiger partial charge >= 0.3 is 0 Å². The summed E-state index contributed by atoms with van der Waals surface area (Å²) in [7, 11) is 3.21. The molecule has 2 N–H and O–H groups in total. The first-order chi connectivity index (χ1) is 11.0. The summed E-state index contributed by atoms with van der Waals surface area (Å²) in [5.74, 6) is 1.36. The maximum absolute atomic E-state index is 10.2. The van der Waals surface area contributed by atoms with Crippen LogP contribution in [0, 0.1) is 0 Å². The van der Waals surface area contributed by atoms with E-state index in [1.54, 1.807) is 20.3 Å². The van der Waals surface area contributed by atoms with Crippen LogP contribution in [0.1, 0.15) is 29.5 Å². The van der Waals surface area contributed by atoms with Crippen LogP contribution in [-0.2, 0) is 0 Å². The molecule has 1 aromatic carbocycles. The van der Waals surface area contributed by atoms with E-state index in [0.29, 0.717) is 27.4 Å². The number of benzene rings is 1. The van der Waals surface area contributed by atoms with E-state index in [1.807, 2.05) is 25.1 Å². The van der Waals surface area contributed by atoms with Gasteiger partial charge in [0.1, 0.15) is 10.4 Å². The van der Waals surface area contributed by atoms with Crippen molar-refractivity contribution in [3.63, 3.8) is 0 Å². The summed E-state index contributed by atoms with van der Waals surface area (Å²) >= 11 is 13.1. The van der Waals surface area contributed by atoms with Gasteiger partial charge in [-0.05, 0) is 30.7 Å². The number of hydrogen-bond donors (Lipinski definition) is 2. The normalized spacial score (nSPS) is 13.7. The van der Waals surface area contributed by atoms with Gasteiger partial charge < -0.3 is 19.9 Å². The number of hydrogen-bond acceptors (Lipinski definition) is 5. The number of rotatable bonds is 7. The summed E-state index contributed by atoms with van der Waals surface area (Å²) in [4.78, 5) is 0.743. The number of methoxy groups -OCH3 is 2. The van der Waals surface area contributed by atoms with Crippen molar-refractivity contribution in [3.05, 3.63) is 44.1 Å². The van der Waals surface area contributed by atoms with E-state index in [0.717, 1.165) is 10.4 Å². The number of halogens is 2. The molecule has 7 heteroatoms. The van der Waals surface area contributed by atoms with Crippen molar-refractivity contribution in [1.82, 2.24) is 5.32 Å². The summed E-state index contributed by atoms with van der Waals surface area (Å²) in [5.41, 5.74) is 1.04. The first-order valence-electron chi connectivity index (χ1n) is 7.04. The lowest BCUT2D eigenvalue weighted by molar-refractivity contribution is 0.174. The molecule has 0 aliphatic heterocycles. The fourth-order valence-electron chi connectivity index (χ4n) is 2.16. The lowest BCUT2D eigenvalue weighted by atomic mass is 10.1. The topological polar surface area (TPSA) is 50.7 Å². The van der Waals surface area contributed by atoms with Gasteiger partial charge in [0.25, 0.3) is 0 Å². The van der Waals surface area contributed by atoms with Crippen LogP contribution in [-0.4, -0.2) is 25.9 Å². The zero-order chi connectivity index (χ0) is 17.0. The van der Waals surface area contributed by atoms with E-state index in [1.165, 1.54) is 11.3 Å². The van der Waals surface area contributed by atoms with Crippen molar-refractivity contribution >= 4 is 34.5 Å². The second kappa shape index (κ2) is 8.22. The Labute approximate surface area is 149 Å². The fourth-order valence-corrected chi connectivity index (χ4v) is 3.54. The predicted octanol–water partition coefficient (Wildman–Crippen LogP) is 4.46. The lowest BCUT2D eigenvalue weighted by Gasteiger charge is -2.18. The van der Waals surface area contributed by atoms with Crippen LogP contribution in [0.4, 0.5) is 0 Å². The first kappa shape index (κ1) is 18.4. The molecule has 4 nitrogen and oxygen atoms in total. The molecule has 23 heavy (non-hydrogen) atoms. The number of aliphatic hydroxyl groups excluding tert-OH is 1. The van der Waals surface area contributed by atoms with Crippen molar-refractivity contribution in [2.75, 3.05) is 20.8 Å². The van der Waals surface area contributed by atoms with Crippen LogP contribution in [0.25, 0.3) is 0 Å². The van der Waals surface area contributed by atoms with Gasteiger partial charge in [0.2, 0.25) is 0 Å². The maximum Gasteiger partial charge on any atom is 0.161 e. The van der Waals surface area contributed by atoms with Crippen molar-refractivity contribution in [2.24, 2.45) is 0 Å². The first-order valence-corrected chi connectivity index (χ1v) is 8.61. The SMILES string of the molecule is COc1ccc(C(C)NCC(O)c2cc(Cl)c(Cl)s2)cc1OC. The average Bonchev–Trinajstić information content (AvgIpc) is 2.90. The number of thiophene rings is 1. The van der Waals surface area contributed by atoms with Crippen molar-refractivity contribution in [2.45, 2.75) is 19.1 Å². The molecule has 0 aliphatic carbocycles. The summed E-state index contributed by atoms with van der Waals surface area (Å²) in [6, 6.07) is 7.48. The monoisotopic (exact) mass is 375 g/mol. The van der Waals surface area contributed by atoms with Crippen molar-refractivity contribution in [1.29, 1.82) is 0 Å². The Bertz CT molecular complexity index is 643. The second-order valence-electron chi connectivity index (χ2n) is 5.03. The summed E-state index contributed by atoms with van der Waals surface area (Å²) < 4.78 is 11.0. The van der Waals surface area contributed by atoms with Crippen LogP contribution in [0.5, 0.6) is 11.5 Å². The zero-order valence-electron chi connectivity index (χ0n) is 13.1. The molecular formula is C16H19Cl2NO3S. The molecular weight excluding hydrogens is 357 g/mol. The van der Waals surface area contributed by atoms with E-state index in [2.05, 4.69) is 5.32 Å². The molecule has 126 valence electrons. The standard InChI is InChI=1S/C16H19Cl2NO3S/c1-9(10-4-5-13(21-2)14(6-10)22-3)19-8-12(20)15-7-11(17)16(18)23-15/h4-7,9,12,19-20H,8H2,1-3H3. The third kappa shape index (κ3) is 4.52. The highest BCUT2D eigenvalue weighted by molar-refractivity contribution is 7.17. The molecule has 0 aliphatic rings. The lowest BCUT2D eigenvalue weighted by Crippen LogP contribution is -2.24. The Balaban J connectivity index is 2.00. The number of aliphatic hydroxyl groups is 1. The third-order valence-corrected chi connectivity index (χ3v) is 5.48. The molecule has 0 amide bonds. The average molecular weight is 376 g/mol. The largest absolute Gasteiger partial charge is 0.493 e. The smallest absolute Gasteiger partial charge is 0.161 e. The summed E-state index contributed by atoms with van der Waals surface area (Å²) in [5, 5.41) is 14.0. The highest BCUT2D eigenvalue weighted by Gasteiger charge is 2.16. The highest BCUT2D eigenvalue weighted by atomic mass is 35.5. The molecule has 2 atom stereocenters. The number of nitrogens with one attached hydrogen (secondary N) is 1. The van der Waals surface area contributed by atoms with E-state index in [4.69, 9.17) is 32.7 Å². The molecule has 1 heterocycles. The van der Waals surface area contributed by atoms with Crippen LogP contribution in [0.2, 0.25) is 9.36 Å². The van der Waals surface area contributed by atoms with Gasteiger partial charge in [-0.3, -0.25) is 0 Å². The molecule has 0 fully saturated rings. The van der Waals surface area contributed by atoms with Gasteiger partial charge in [-0.2, -0.15) is 0 Å². The molecule has 0 saturated carbocycles. The molecule has 0 saturated heterocycles. The van der Waals surface area contributed by atoms with E-state index in [9.17, 15) is 5.11 Å². The molecule has 2 unspecified atom stereocenters. The molecule has 1 aromatic heterocycles. The Morgan fingerprint density at radius 1 is 1.17 bits per heavy atom. The van der Waals surface area contributed by atoms with E-state index in [-0.39, 0.29) is 6.04 Å². The third-order valence-electron chi connectivity index (χ3n) is 3.52. The minimum absolute atomic E-state index is 0.0374. The van der Waals surface area contributed by atoms with Crippen LogP contribution in [0.15, 0.2) is 24.3 Å². The molecule has 2 aromatic rings. The Morgan fingerprint density at radius 2 is 1.87 bits per heavy atom. The van der Waals surface area contributed by atoms with Crippen molar-refractivity contribution in [3.8, 4) is 11.5 Å². The van der Waals surface area contributed by atoms with Crippen LogP contribution in [0.3, 0.4) is 0 Å². The fraction of sp³-hybridized carbons (Fsp3) is 0.375. The Kier molecular flexibility index (Phi) is 6.56. The van der Waals surface area contributed by atoms with Gasteiger partial charge in [0.15, 0.2) is 11.5 Å². The van der Waals surface area contributed by atoms with Gasteiger partial charge in [-0.1, -0.05) is 29.3 Å². The van der Waals surface area contributed by atoms with Gasteiger partial charge in [0, 0.05) is 17.5 Å². The van der Waals surface area contributed by atoms with Gasteiger partial charge in [-0.25, -0.2) is 0 Å². The van der Waals surface area contributed by atoms with Crippen LogP contribution >= 0.6 is 34.5 Å². The van der Waals surface area contributed by atoms with E-state index < -0.39 is 6.10 Å². The molecule has 0 spiro atoms. The van der Waals surface area contributed by atoms with Gasteiger partial charge in [0.05, 0.1) is 19.2 Å². The Morgan fingerprint density at radius 3 is 2.43 bits per heavy atom. The Hall–Kier alpha value is -0.980. The molecule has 0 radical (unpaired) electrons. The molecule has 0 bridgehead atoms. The minimum atomic E-state index is -0.660. The highest BCUT2D eigenvalue weighted by Crippen LogP contribution is 2.35. The molecule has 2 rings (SSSR count).